The summed E-state index contributed by atoms with van der Waals surface area (Å²) in [6.07, 6.45) is 1.74. The highest BCUT2D eigenvalue weighted by molar-refractivity contribution is 7.89. The molecule has 0 bridgehead atoms. The van der Waals surface area contributed by atoms with Crippen molar-refractivity contribution in [1.82, 2.24) is 14.5 Å². The maximum absolute atomic E-state index is 12.3. The van der Waals surface area contributed by atoms with E-state index in [1.807, 2.05) is 6.92 Å². The minimum atomic E-state index is -3.53. The van der Waals surface area contributed by atoms with Gasteiger partial charge in [0, 0.05) is 5.54 Å². The average molecular weight is 273 g/mol. The van der Waals surface area contributed by atoms with Gasteiger partial charge in [0.25, 0.3) is 0 Å². The zero-order valence-electron chi connectivity index (χ0n) is 10.9. The lowest BCUT2D eigenvalue weighted by atomic mass is 10.4. The maximum Gasteiger partial charge on any atom is 0.244 e. The van der Waals surface area contributed by atoms with E-state index in [4.69, 9.17) is 5.11 Å². The lowest BCUT2D eigenvalue weighted by Gasteiger charge is -2.12. The van der Waals surface area contributed by atoms with Crippen molar-refractivity contribution in [2.24, 2.45) is 0 Å². The van der Waals surface area contributed by atoms with Gasteiger partial charge in [0.05, 0.1) is 24.5 Å². The Morgan fingerprint density at radius 2 is 2.06 bits per heavy atom. The number of aliphatic hydroxyl groups excluding tert-OH is 1. The van der Waals surface area contributed by atoms with Crippen molar-refractivity contribution in [1.29, 1.82) is 0 Å². The summed E-state index contributed by atoms with van der Waals surface area (Å²) in [6, 6.07) is 0. The van der Waals surface area contributed by atoms with Gasteiger partial charge >= 0.3 is 0 Å². The second kappa shape index (κ2) is 4.32. The van der Waals surface area contributed by atoms with Crippen LogP contribution in [0.3, 0.4) is 0 Å². The van der Waals surface area contributed by atoms with Gasteiger partial charge in [-0.05, 0) is 33.6 Å². The summed E-state index contributed by atoms with van der Waals surface area (Å²) in [4.78, 5) is 0.240. The van der Waals surface area contributed by atoms with Crippen LogP contribution in [0.2, 0.25) is 0 Å². The molecule has 102 valence electrons. The summed E-state index contributed by atoms with van der Waals surface area (Å²) in [7, 11) is -3.53. The number of aliphatic hydroxyl groups is 1. The van der Waals surface area contributed by atoms with E-state index in [0.29, 0.717) is 17.9 Å². The van der Waals surface area contributed by atoms with E-state index in [-0.39, 0.29) is 17.0 Å². The van der Waals surface area contributed by atoms with Gasteiger partial charge in [0.15, 0.2) is 0 Å². The van der Waals surface area contributed by atoms with Gasteiger partial charge in [0.2, 0.25) is 10.0 Å². The molecule has 1 fully saturated rings. The lowest BCUT2D eigenvalue weighted by Crippen LogP contribution is -2.34. The van der Waals surface area contributed by atoms with Crippen LogP contribution in [0.25, 0.3) is 0 Å². The Hall–Kier alpha value is -0.920. The topological polar surface area (TPSA) is 84.2 Å². The summed E-state index contributed by atoms with van der Waals surface area (Å²) >= 11 is 0. The molecule has 0 amide bonds. The van der Waals surface area contributed by atoms with Crippen molar-refractivity contribution in [3.63, 3.8) is 0 Å². The monoisotopic (exact) mass is 273 g/mol. The van der Waals surface area contributed by atoms with Gasteiger partial charge in [-0.3, -0.25) is 4.68 Å². The molecule has 0 aliphatic heterocycles. The van der Waals surface area contributed by atoms with Crippen LogP contribution in [0.15, 0.2) is 4.90 Å². The molecular weight excluding hydrogens is 254 g/mol. The summed E-state index contributed by atoms with van der Waals surface area (Å²) in [5.41, 5.74) is 0.743. The number of hydrogen-bond acceptors (Lipinski definition) is 4. The molecule has 0 aromatic carbocycles. The van der Waals surface area contributed by atoms with Gasteiger partial charge in [0.1, 0.15) is 4.90 Å². The van der Waals surface area contributed by atoms with Gasteiger partial charge in [-0.15, -0.1) is 0 Å². The van der Waals surface area contributed by atoms with Gasteiger partial charge in [-0.2, -0.15) is 5.10 Å². The van der Waals surface area contributed by atoms with Gasteiger partial charge in [-0.25, -0.2) is 13.1 Å². The second-order valence-corrected chi connectivity index (χ2v) is 6.73. The van der Waals surface area contributed by atoms with E-state index in [9.17, 15) is 8.42 Å². The first kappa shape index (κ1) is 13.5. The smallest absolute Gasteiger partial charge is 0.244 e. The van der Waals surface area contributed by atoms with Crippen LogP contribution in [-0.4, -0.2) is 35.5 Å². The minimum Gasteiger partial charge on any atom is -0.394 e. The third-order valence-corrected chi connectivity index (χ3v) is 5.17. The van der Waals surface area contributed by atoms with Crippen LogP contribution in [0.5, 0.6) is 0 Å². The molecule has 1 aliphatic carbocycles. The van der Waals surface area contributed by atoms with E-state index in [2.05, 4.69) is 9.82 Å². The zero-order valence-corrected chi connectivity index (χ0v) is 11.7. The van der Waals surface area contributed by atoms with E-state index in [1.54, 1.807) is 13.8 Å². The fourth-order valence-corrected chi connectivity index (χ4v) is 3.93. The summed E-state index contributed by atoms with van der Waals surface area (Å²) < 4.78 is 28.9. The molecule has 2 N–H and O–H groups in total. The highest BCUT2D eigenvalue weighted by Crippen LogP contribution is 2.36. The summed E-state index contributed by atoms with van der Waals surface area (Å²) in [5, 5.41) is 13.1. The molecule has 0 atom stereocenters. The van der Waals surface area contributed by atoms with Crippen LogP contribution in [0.1, 0.15) is 31.2 Å². The zero-order chi connectivity index (χ0) is 13.6. The number of aryl methyl sites for hydroxylation is 1. The average Bonchev–Trinajstić information content (AvgIpc) is 2.85. The molecule has 1 saturated carbocycles. The van der Waals surface area contributed by atoms with Crippen molar-refractivity contribution in [3.8, 4) is 0 Å². The van der Waals surface area contributed by atoms with Crippen molar-refractivity contribution in [2.45, 2.75) is 50.6 Å². The number of sulfonamides is 1. The molecule has 0 radical (unpaired) electrons. The third kappa shape index (κ3) is 2.43. The third-order valence-electron chi connectivity index (χ3n) is 3.28. The largest absolute Gasteiger partial charge is 0.394 e. The molecule has 1 heterocycles. The minimum absolute atomic E-state index is 0.0629. The number of nitrogens with zero attached hydrogens (tertiary/aromatic N) is 2. The molecule has 18 heavy (non-hydrogen) atoms. The molecule has 0 unspecified atom stereocenters. The van der Waals surface area contributed by atoms with Crippen LogP contribution >= 0.6 is 0 Å². The Balaban J connectivity index is 2.38. The summed E-state index contributed by atoms with van der Waals surface area (Å²) in [5.74, 6) is 0. The highest BCUT2D eigenvalue weighted by Gasteiger charge is 2.42. The lowest BCUT2D eigenvalue weighted by molar-refractivity contribution is 0.267. The maximum atomic E-state index is 12.3. The second-order valence-electron chi connectivity index (χ2n) is 5.11. The van der Waals surface area contributed by atoms with E-state index >= 15 is 0 Å². The molecule has 6 nitrogen and oxygen atoms in total. The number of rotatable bonds is 5. The standard InChI is InChI=1S/C11H19N3O3S/c1-8-10(9(2)14(12-8)6-7-15)18(16,17)13-11(3)4-5-11/h13,15H,4-7H2,1-3H3. The molecule has 2 rings (SSSR count). The van der Waals surface area contributed by atoms with Gasteiger partial charge in [-0.1, -0.05) is 0 Å². The SMILES string of the molecule is Cc1nn(CCO)c(C)c1S(=O)(=O)NC1(C)CC1. The van der Waals surface area contributed by atoms with Crippen LogP contribution in [-0.2, 0) is 16.6 Å². The predicted molar refractivity (Wildman–Crippen MR) is 66.7 cm³/mol. The van der Waals surface area contributed by atoms with E-state index in [0.717, 1.165) is 12.8 Å². The Kier molecular flexibility index (Phi) is 3.25. The van der Waals surface area contributed by atoms with Crippen molar-refractivity contribution in [2.75, 3.05) is 6.61 Å². The fourth-order valence-electron chi connectivity index (χ4n) is 2.05. The fraction of sp³-hybridized carbons (Fsp3) is 0.727. The number of nitrogens with one attached hydrogen (secondary N) is 1. The number of aromatic nitrogens is 2. The molecule has 1 aromatic heterocycles. The predicted octanol–water partition coefficient (Wildman–Crippen LogP) is 0.323. The molecule has 7 heteroatoms. The van der Waals surface area contributed by atoms with Gasteiger partial charge < -0.3 is 5.11 Å². The highest BCUT2D eigenvalue weighted by atomic mass is 32.2. The summed E-state index contributed by atoms with van der Waals surface area (Å²) in [6.45, 7) is 5.52. The first-order chi connectivity index (χ1) is 8.29. The Labute approximate surface area is 107 Å². The Morgan fingerprint density at radius 3 is 2.56 bits per heavy atom. The Morgan fingerprint density at radius 1 is 1.44 bits per heavy atom. The first-order valence-electron chi connectivity index (χ1n) is 5.98. The Bertz CT molecular complexity index is 558. The van der Waals surface area contributed by atoms with Crippen LogP contribution < -0.4 is 4.72 Å². The van der Waals surface area contributed by atoms with Crippen molar-refractivity contribution in [3.05, 3.63) is 11.4 Å². The quantitative estimate of drug-likeness (QED) is 0.809. The van der Waals surface area contributed by atoms with E-state index < -0.39 is 10.0 Å². The van der Waals surface area contributed by atoms with Crippen molar-refractivity contribution < 1.29 is 13.5 Å². The first-order valence-corrected chi connectivity index (χ1v) is 7.46. The normalized spacial score (nSPS) is 18.0. The molecular formula is C11H19N3O3S. The molecule has 1 aliphatic rings. The van der Waals surface area contributed by atoms with Crippen LogP contribution in [0, 0.1) is 13.8 Å². The molecule has 0 spiro atoms. The van der Waals surface area contributed by atoms with E-state index in [1.165, 1.54) is 4.68 Å². The van der Waals surface area contributed by atoms with Crippen LogP contribution in [0.4, 0.5) is 0 Å². The van der Waals surface area contributed by atoms with Crippen molar-refractivity contribution >= 4 is 10.0 Å². The number of hydrogen-bond donors (Lipinski definition) is 2. The molecule has 1 aromatic rings. The molecule has 0 saturated heterocycles.